The zero-order chi connectivity index (χ0) is 24.5. The first-order valence-electron chi connectivity index (χ1n) is 11.1. The van der Waals surface area contributed by atoms with E-state index in [1.807, 2.05) is 78.9 Å². The van der Waals surface area contributed by atoms with Crippen molar-refractivity contribution in [3.8, 4) is 5.75 Å². The number of ether oxygens (including phenoxy) is 1. The Morgan fingerprint density at radius 3 is 2.34 bits per heavy atom. The molecule has 0 aliphatic carbocycles. The van der Waals surface area contributed by atoms with Gasteiger partial charge in [0.2, 0.25) is 0 Å². The molecular weight excluding hydrogens is 460 g/mol. The fourth-order valence-corrected chi connectivity index (χ4v) is 5.02. The Morgan fingerprint density at radius 1 is 0.914 bits per heavy atom. The highest BCUT2D eigenvalue weighted by Crippen LogP contribution is 2.35. The fourth-order valence-electron chi connectivity index (χ4n) is 4.02. The summed E-state index contributed by atoms with van der Waals surface area (Å²) in [5, 5.41) is 0.622. The van der Waals surface area contributed by atoms with Gasteiger partial charge in [-0.15, -0.1) is 0 Å². The summed E-state index contributed by atoms with van der Waals surface area (Å²) in [5.74, 6) is 0.655. The molecule has 2 heterocycles. The third-order valence-electron chi connectivity index (χ3n) is 5.96. The smallest absolute Gasteiger partial charge is 0.328 e. The molecule has 5 rings (SSSR count). The highest BCUT2D eigenvalue weighted by molar-refractivity contribution is 8.18. The summed E-state index contributed by atoms with van der Waals surface area (Å²) < 4.78 is 8.48. The molecule has 176 valence electrons. The number of aromatic nitrogens is 2. The zero-order valence-corrected chi connectivity index (χ0v) is 20.5. The van der Waals surface area contributed by atoms with Crippen LogP contribution in [-0.2, 0) is 25.4 Å². The molecule has 1 aliphatic rings. The summed E-state index contributed by atoms with van der Waals surface area (Å²) in [6.45, 7) is 0.394. The van der Waals surface area contributed by atoms with E-state index < -0.39 is 0 Å². The first-order valence-corrected chi connectivity index (χ1v) is 11.9. The number of thioether (sulfide) groups is 1. The Labute approximate surface area is 207 Å². The van der Waals surface area contributed by atoms with Crippen molar-refractivity contribution < 1.29 is 9.53 Å². The Bertz CT molecular complexity index is 1530. The van der Waals surface area contributed by atoms with Crippen LogP contribution in [0, 0.1) is 0 Å². The number of hydrogen-bond donors (Lipinski definition) is 0. The van der Waals surface area contributed by atoms with Crippen LogP contribution in [0.15, 0.2) is 87.5 Å². The maximum absolute atomic E-state index is 13.5. The Morgan fingerprint density at radius 2 is 1.63 bits per heavy atom. The monoisotopic (exact) mass is 484 g/mol. The molecule has 1 saturated heterocycles. The fraction of sp³-hybridized carbons (Fsp3) is 0.148. The average molecular weight is 485 g/mol. The number of benzene rings is 3. The van der Waals surface area contributed by atoms with E-state index in [0.29, 0.717) is 16.6 Å². The van der Waals surface area contributed by atoms with Crippen molar-refractivity contribution in [1.29, 1.82) is 0 Å². The first-order chi connectivity index (χ1) is 16.9. The lowest BCUT2D eigenvalue weighted by atomic mass is 10.1. The highest BCUT2D eigenvalue weighted by atomic mass is 32.2. The SMILES string of the molecule is COc1ccc(CN2C(=O)/C(=C/c3ccc4c(c3)n(C)c(=O)n4C)SC2=Nc2ccccc2)cc1. The Hall–Kier alpha value is -4.04. The van der Waals surface area contributed by atoms with Gasteiger partial charge in [0.25, 0.3) is 5.91 Å². The minimum absolute atomic E-state index is 0.0842. The summed E-state index contributed by atoms with van der Waals surface area (Å²) in [4.78, 5) is 32.8. The second-order valence-corrected chi connectivity index (χ2v) is 9.24. The number of imidazole rings is 1. The molecule has 3 aromatic carbocycles. The third kappa shape index (κ3) is 4.40. The topological polar surface area (TPSA) is 68.8 Å². The van der Waals surface area contributed by atoms with E-state index in [2.05, 4.69) is 0 Å². The largest absolute Gasteiger partial charge is 0.497 e. The van der Waals surface area contributed by atoms with Gasteiger partial charge >= 0.3 is 5.69 Å². The second kappa shape index (κ2) is 9.31. The molecular formula is C27H24N4O3S. The molecule has 0 spiro atoms. The first kappa shape index (κ1) is 22.7. The number of nitrogens with zero attached hydrogens (tertiary/aromatic N) is 4. The average Bonchev–Trinajstić information content (AvgIpc) is 3.28. The molecule has 0 atom stereocenters. The lowest BCUT2D eigenvalue weighted by Crippen LogP contribution is -2.28. The zero-order valence-electron chi connectivity index (χ0n) is 19.6. The van der Waals surface area contributed by atoms with Crippen LogP contribution in [0.4, 0.5) is 5.69 Å². The van der Waals surface area contributed by atoms with Gasteiger partial charge in [0.15, 0.2) is 5.17 Å². The third-order valence-corrected chi connectivity index (χ3v) is 6.97. The van der Waals surface area contributed by atoms with Gasteiger partial charge in [0.1, 0.15) is 5.75 Å². The highest BCUT2D eigenvalue weighted by Gasteiger charge is 2.33. The number of para-hydroxylation sites is 1. The molecule has 1 aromatic heterocycles. The molecule has 7 nitrogen and oxygen atoms in total. The molecule has 0 bridgehead atoms. The predicted molar refractivity (Wildman–Crippen MR) is 141 cm³/mol. The molecule has 4 aromatic rings. The molecule has 0 saturated carbocycles. The van der Waals surface area contributed by atoms with Crippen LogP contribution in [0.2, 0.25) is 0 Å². The number of methoxy groups -OCH3 is 1. The van der Waals surface area contributed by atoms with Gasteiger partial charge in [0.05, 0.1) is 35.3 Å². The summed E-state index contributed by atoms with van der Waals surface area (Å²) in [7, 11) is 5.13. The number of aryl methyl sites for hydroxylation is 2. The van der Waals surface area contributed by atoms with Gasteiger partial charge in [-0.05, 0) is 65.4 Å². The van der Waals surface area contributed by atoms with Gasteiger partial charge in [-0.2, -0.15) is 0 Å². The lowest BCUT2D eigenvalue weighted by molar-refractivity contribution is -0.122. The molecule has 0 N–H and O–H groups in total. The molecule has 1 amide bonds. The molecule has 0 radical (unpaired) electrons. The van der Waals surface area contributed by atoms with E-state index in [4.69, 9.17) is 9.73 Å². The van der Waals surface area contributed by atoms with Crippen molar-refractivity contribution in [3.05, 3.63) is 99.3 Å². The van der Waals surface area contributed by atoms with Crippen LogP contribution < -0.4 is 10.4 Å². The number of amides is 1. The van der Waals surface area contributed by atoms with Gasteiger partial charge in [-0.25, -0.2) is 9.79 Å². The normalized spacial score (nSPS) is 16.1. The summed E-state index contributed by atoms with van der Waals surface area (Å²) in [6, 6.07) is 23.0. The quantitative estimate of drug-likeness (QED) is 0.386. The number of hydrogen-bond acceptors (Lipinski definition) is 5. The number of carbonyl (C=O) groups is 1. The van der Waals surface area contributed by atoms with Crippen LogP contribution >= 0.6 is 11.8 Å². The molecule has 1 fully saturated rings. The van der Waals surface area contributed by atoms with Gasteiger partial charge in [0, 0.05) is 14.1 Å². The minimum Gasteiger partial charge on any atom is -0.497 e. The molecule has 35 heavy (non-hydrogen) atoms. The van der Waals surface area contributed by atoms with Crippen molar-refractivity contribution in [2.75, 3.05) is 7.11 Å². The van der Waals surface area contributed by atoms with E-state index in [1.165, 1.54) is 11.8 Å². The standard InChI is InChI=1S/C27H24N4O3S/c1-29-22-14-11-19(15-23(22)30(2)27(29)33)16-24-25(32)31(17-18-9-12-21(34-3)13-10-18)26(35-24)28-20-7-5-4-6-8-20/h4-16H,17H2,1-3H3/b24-16-,28-26?. The second-order valence-electron chi connectivity index (χ2n) is 8.23. The van der Waals surface area contributed by atoms with Crippen LogP contribution in [0.3, 0.4) is 0 Å². The van der Waals surface area contributed by atoms with Crippen molar-refractivity contribution in [3.63, 3.8) is 0 Å². The molecule has 1 aliphatic heterocycles. The molecule has 8 heteroatoms. The number of amidine groups is 1. The van der Waals surface area contributed by atoms with Crippen molar-refractivity contribution in [2.24, 2.45) is 19.1 Å². The number of rotatable bonds is 5. The maximum atomic E-state index is 13.5. The van der Waals surface area contributed by atoms with Crippen LogP contribution in [0.5, 0.6) is 5.75 Å². The predicted octanol–water partition coefficient (Wildman–Crippen LogP) is 4.69. The maximum Gasteiger partial charge on any atom is 0.328 e. The van der Waals surface area contributed by atoms with E-state index in [9.17, 15) is 9.59 Å². The molecule has 0 unspecified atom stereocenters. The Kier molecular flexibility index (Phi) is 6.05. The van der Waals surface area contributed by atoms with Crippen molar-refractivity contribution >= 4 is 45.6 Å². The lowest BCUT2D eigenvalue weighted by Gasteiger charge is -2.16. The summed E-state index contributed by atoms with van der Waals surface area (Å²) in [5.41, 5.74) is 4.18. The van der Waals surface area contributed by atoms with Gasteiger partial charge in [-0.3, -0.25) is 18.8 Å². The van der Waals surface area contributed by atoms with Gasteiger partial charge < -0.3 is 4.74 Å². The van der Waals surface area contributed by atoms with Crippen molar-refractivity contribution in [2.45, 2.75) is 6.54 Å². The van der Waals surface area contributed by atoms with E-state index in [0.717, 1.165) is 33.6 Å². The van der Waals surface area contributed by atoms with Crippen LogP contribution in [0.1, 0.15) is 11.1 Å². The van der Waals surface area contributed by atoms with E-state index >= 15 is 0 Å². The number of aliphatic imine (C=N–C) groups is 1. The van der Waals surface area contributed by atoms with Crippen LogP contribution in [0.25, 0.3) is 17.1 Å². The van der Waals surface area contributed by atoms with E-state index in [-0.39, 0.29) is 11.6 Å². The number of fused-ring (bicyclic) bond motifs is 1. The van der Waals surface area contributed by atoms with Crippen LogP contribution in [-0.4, -0.2) is 32.2 Å². The minimum atomic E-state index is -0.109. The van der Waals surface area contributed by atoms with Crippen molar-refractivity contribution in [1.82, 2.24) is 14.0 Å². The summed E-state index contributed by atoms with van der Waals surface area (Å²) in [6.07, 6.45) is 1.86. The Balaban J connectivity index is 1.52. The number of carbonyl (C=O) groups excluding carboxylic acids is 1. The summed E-state index contributed by atoms with van der Waals surface area (Å²) >= 11 is 1.35. The van der Waals surface area contributed by atoms with Gasteiger partial charge in [-0.1, -0.05) is 36.4 Å². The van der Waals surface area contributed by atoms with E-state index in [1.54, 1.807) is 35.2 Å².